The van der Waals surface area contributed by atoms with Crippen LogP contribution in [0.15, 0.2) is 4.99 Å². The molecule has 2 unspecified atom stereocenters. The third-order valence-corrected chi connectivity index (χ3v) is 3.21. The van der Waals surface area contributed by atoms with Gasteiger partial charge in [-0.2, -0.15) is 0 Å². The van der Waals surface area contributed by atoms with Crippen LogP contribution in [-0.4, -0.2) is 13.3 Å². The minimum atomic E-state index is 0.678. The van der Waals surface area contributed by atoms with Crippen LogP contribution in [0.3, 0.4) is 0 Å². The topological polar surface area (TPSA) is 12.4 Å². The molecule has 1 fully saturated rings. The molecule has 1 saturated carbocycles. The van der Waals surface area contributed by atoms with E-state index >= 15 is 0 Å². The molecule has 0 saturated heterocycles. The van der Waals surface area contributed by atoms with Crippen molar-refractivity contribution < 1.29 is 0 Å². The number of aliphatic imine (C=N–C) groups is 1. The quantitative estimate of drug-likeness (QED) is 0.557. The lowest BCUT2D eigenvalue weighted by molar-refractivity contribution is 0.446. The summed E-state index contributed by atoms with van der Waals surface area (Å²) in [6, 6.07) is 0. The van der Waals surface area contributed by atoms with Gasteiger partial charge < -0.3 is 4.99 Å². The summed E-state index contributed by atoms with van der Waals surface area (Å²) < 4.78 is 0. The Kier molecular flexibility index (Phi) is 3.30. The van der Waals surface area contributed by atoms with Gasteiger partial charge in [0.1, 0.15) is 0 Å². The molecule has 0 amide bonds. The molecular weight excluding hydrogens is 146 g/mol. The molecule has 0 aromatic heterocycles. The Bertz CT molecular complexity index is 162. The van der Waals surface area contributed by atoms with Crippen LogP contribution in [0.2, 0.25) is 0 Å². The van der Waals surface area contributed by atoms with Gasteiger partial charge in [0.25, 0.3) is 0 Å². The lowest BCUT2D eigenvalue weighted by Crippen LogP contribution is -1.98. The smallest absolute Gasteiger partial charge is 0.0273 e. The van der Waals surface area contributed by atoms with Crippen molar-refractivity contribution >= 4 is 6.21 Å². The van der Waals surface area contributed by atoms with E-state index in [4.69, 9.17) is 0 Å². The predicted octanol–water partition coefficient (Wildman–Crippen LogP) is 3.29. The van der Waals surface area contributed by atoms with Gasteiger partial charge in [-0.3, -0.25) is 0 Å². The number of rotatable bonds is 5. The highest BCUT2D eigenvalue weighted by Crippen LogP contribution is 2.57. The van der Waals surface area contributed by atoms with Crippen LogP contribution in [0.5, 0.6) is 0 Å². The molecular formula is C11H21N. The van der Waals surface area contributed by atoms with Crippen molar-refractivity contribution in [3.63, 3.8) is 0 Å². The van der Waals surface area contributed by atoms with E-state index in [1.807, 2.05) is 7.05 Å². The molecule has 0 aromatic carbocycles. The summed E-state index contributed by atoms with van der Waals surface area (Å²) in [6.45, 7) is 4.70. The van der Waals surface area contributed by atoms with Gasteiger partial charge in [0.05, 0.1) is 0 Å². The second-order valence-electron chi connectivity index (χ2n) is 4.34. The summed E-state index contributed by atoms with van der Waals surface area (Å²) in [6.07, 6.45) is 8.86. The Morgan fingerprint density at radius 3 is 2.92 bits per heavy atom. The first-order chi connectivity index (χ1) is 5.73. The average molecular weight is 167 g/mol. The summed E-state index contributed by atoms with van der Waals surface area (Å²) in [5.41, 5.74) is 0.678. The molecule has 12 heavy (non-hydrogen) atoms. The zero-order valence-corrected chi connectivity index (χ0v) is 8.64. The molecule has 0 aromatic rings. The molecule has 70 valence electrons. The molecule has 2 atom stereocenters. The van der Waals surface area contributed by atoms with E-state index in [1.54, 1.807) is 0 Å². The van der Waals surface area contributed by atoms with Gasteiger partial charge in [-0.25, -0.2) is 0 Å². The minimum Gasteiger partial charge on any atom is -0.301 e. The monoisotopic (exact) mass is 167 g/mol. The lowest BCUT2D eigenvalue weighted by atomic mass is 9.98. The zero-order valence-electron chi connectivity index (χ0n) is 8.64. The van der Waals surface area contributed by atoms with Crippen LogP contribution in [0.1, 0.15) is 46.0 Å². The number of hydrogen-bond donors (Lipinski definition) is 0. The summed E-state index contributed by atoms with van der Waals surface area (Å²) in [4.78, 5) is 4.04. The Morgan fingerprint density at radius 2 is 2.33 bits per heavy atom. The molecule has 1 nitrogen and oxygen atoms in total. The van der Waals surface area contributed by atoms with E-state index in [0.717, 1.165) is 5.92 Å². The Morgan fingerprint density at radius 1 is 1.58 bits per heavy atom. The Hall–Kier alpha value is -0.330. The molecule has 1 aliphatic rings. The molecule has 0 radical (unpaired) electrons. The van der Waals surface area contributed by atoms with Crippen molar-refractivity contribution in [2.75, 3.05) is 7.05 Å². The zero-order chi connectivity index (χ0) is 9.03. The third kappa shape index (κ3) is 2.33. The highest BCUT2D eigenvalue weighted by atomic mass is 14.6. The standard InChI is InChI=1S/C11H21N/c1-4-5-7-11(2)9-10(11)6-8-12-3/h8,10H,4-7,9H2,1-3H3. The van der Waals surface area contributed by atoms with Crippen LogP contribution < -0.4 is 0 Å². The summed E-state index contributed by atoms with van der Waals surface area (Å²) in [7, 11) is 1.87. The fraction of sp³-hybridized carbons (Fsp3) is 0.909. The fourth-order valence-electron chi connectivity index (χ4n) is 1.99. The fourth-order valence-corrected chi connectivity index (χ4v) is 1.99. The molecule has 1 rings (SSSR count). The van der Waals surface area contributed by atoms with Crippen LogP contribution in [-0.2, 0) is 0 Å². The average Bonchev–Trinajstić information content (AvgIpc) is 2.71. The Labute approximate surface area is 76.3 Å². The van der Waals surface area contributed by atoms with Gasteiger partial charge in [-0.05, 0) is 36.8 Å². The highest BCUT2D eigenvalue weighted by molar-refractivity contribution is 5.58. The van der Waals surface area contributed by atoms with Crippen LogP contribution in [0.25, 0.3) is 0 Å². The van der Waals surface area contributed by atoms with Crippen molar-refractivity contribution in [3.8, 4) is 0 Å². The van der Waals surface area contributed by atoms with Crippen molar-refractivity contribution in [3.05, 3.63) is 0 Å². The second-order valence-corrected chi connectivity index (χ2v) is 4.34. The van der Waals surface area contributed by atoms with Gasteiger partial charge in [0, 0.05) is 7.05 Å². The maximum absolute atomic E-state index is 4.04. The normalized spacial score (nSPS) is 34.4. The lowest BCUT2D eigenvalue weighted by Gasteiger charge is -2.08. The number of nitrogens with zero attached hydrogens (tertiary/aromatic N) is 1. The van der Waals surface area contributed by atoms with Gasteiger partial charge in [-0.1, -0.05) is 26.7 Å². The highest BCUT2D eigenvalue weighted by Gasteiger charge is 2.47. The molecule has 0 N–H and O–H groups in total. The van der Waals surface area contributed by atoms with Crippen molar-refractivity contribution in [1.82, 2.24) is 0 Å². The van der Waals surface area contributed by atoms with Gasteiger partial charge in [0.15, 0.2) is 0 Å². The van der Waals surface area contributed by atoms with Crippen LogP contribution >= 0.6 is 0 Å². The molecule has 1 aliphatic carbocycles. The van der Waals surface area contributed by atoms with Gasteiger partial charge in [0.2, 0.25) is 0 Å². The van der Waals surface area contributed by atoms with E-state index < -0.39 is 0 Å². The van der Waals surface area contributed by atoms with Crippen molar-refractivity contribution in [2.24, 2.45) is 16.3 Å². The van der Waals surface area contributed by atoms with E-state index in [1.165, 1.54) is 32.1 Å². The first kappa shape index (κ1) is 9.76. The Balaban J connectivity index is 2.18. The summed E-state index contributed by atoms with van der Waals surface area (Å²) in [5.74, 6) is 0.938. The maximum Gasteiger partial charge on any atom is 0.0273 e. The largest absolute Gasteiger partial charge is 0.301 e. The van der Waals surface area contributed by atoms with Crippen molar-refractivity contribution in [1.29, 1.82) is 0 Å². The minimum absolute atomic E-state index is 0.678. The molecule has 1 heteroatoms. The van der Waals surface area contributed by atoms with Gasteiger partial charge in [-0.15, -0.1) is 0 Å². The second kappa shape index (κ2) is 4.06. The molecule has 0 aliphatic heterocycles. The summed E-state index contributed by atoms with van der Waals surface area (Å²) >= 11 is 0. The van der Waals surface area contributed by atoms with E-state index in [-0.39, 0.29) is 0 Å². The first-order valence-corrected chi connectivity index (χ1v) is 5.13. The van der Waals surface area contributed by atoms with E-state index in [2.05, 4.69) is 25.1 Å². The van der Waals surface area contributed by atoms with Crippen LogP contribution in [0, 0.1) is 11.3 Å². The van der Waals surface area contributed by atoms with Crippen molar-refractivity contribution in [2.45, 2.75) is 46.0 Å². The van der Waals surface area contributed by atoms with Gasteiger partial charge >= 0.3 is 0 Å². The molecule has 0 bridgehead atoms. The van der Waals surface area contributed by atoms with Crippen LogP contribution in [0.4, 0.5) is 0 Å². The molecule has 0 spiro atoms. The SMILES string of the molecule is CCCCC1(C)CC1CC=NC. The summed E-state index contributed by atoms with van der Waals surface area (Å²) in [5, 5.41) is 0. The third-order valence-electron chi connectivity index (χ3n) is 3.21. The maximum atomic E-state index is 4.04. The van der Waals surface area contributed by atoms with E-state index in [0.29, 0.717) is 5.41 Å². The molecule has 0 heterocycles. The first-order valence-electron chi connectivity index (χ1n) is 5.13. The predicted molar refractivity (Wildman–Crippen MR) is 54.8 cm³/mol. The number of unbranched alkanes of at least 4 members (excludes halogenated alkanes) is 1. The van der Waals surface area contributed by atoms with E-state index in [9.17, 15) is 0 Å². The number of hydrogen-bond acceptors (Lipinski definition) is 1.